The van der Waals surface area contributed by atoms with Crippen molar-refractivity contribution in [2.75, 3.05) is 25.0 Å². The number of anilines is 1. The normalized spacial score (nSPS) is 19.7. The van der Waals surface area contributed by atoms with Crippen LogP contribution in [0.2, 0.25) is 0 Å². The van der Waals surface area contributed by atoms with Crippen LogP contribution in [0.15, 0.2) is 30.3 Å². The van der Waals surface area contributed by atoms with Crippen LogP contribution in [0.4, 0.5) is 5.13 Å². The molecule has 1 aromatic carbocycles. The van der Waals surface area contributed by atoms with Crippen molar-refractivity contribution >= 4 is 28.3 Å². The number of rotatable bonds is 4. The molecule has 1 aromatic heterocycles. The van der Waals surface area contributed by atoms with E-state index in [2.05, 4.69) is 34.5 Å². The molecule has 1 saturated heterocycles. The molecule has 4 rings (SSSR count). The van der Waals surface area contributed by atoms with Gasteiger partial charge in [0.2, 0.25) is 11.8 Å². The van der Waals surface area contributed by atoms with Gasteiger partial charge in [-0.05, 0) is 18.4 Å². The second kappa shape index (κ2) is 9.09. The predicted molar refractivity (Wildman–Crippen MR) is 124 cm³/mol. The third kappa shape index (κ3) is 5.33. The van der Waals surface area contributed by atoms with Gasteiger partial charge < -0.3 is 10.2 Å². The molecule has 2 aliphatic rings. The van der Waals surface area contributed by atoms with Crippen LogP contribution < -0.4 is 5.32 Å². The second-order valence-corrected chi connectivity index (χ2v) is 10.7. The van der Waals surface area contributed by atoms with E-state index in [-0.39, 0.29) is 17.7 Å². The summed E-state index contributed by atoms with van der Waals surface area (Å²) < 4.78 is 0. The first kappa shape index (κ1) is 22.0. The first-order valence-corrected chi connectivity index (χ1v) is 12.0. The van der Waals surface area contributed by atoms with Gasteiger partial charge in [-0.3, -0.25) is 14.5 Å². The van der Waals surface area contributed by atoms with E-state index in [1.165, 1.54) is 10.4 Å². The zero-order chi connectivity index (χ0) is 22.0. The maximum Gasteiger partial charge on any atom is 0.231 e. The summed E-state index contributed by atoms with van der Waals surface area (Å²) in [6.07, 6.45) is 2.59. The Bertz CT molecular complexity index is 935. The molecule has 0 saturated carbocycles. The van der Waals surface area contributed by atoms with Crippen LogP contribution in [-0.2, 0) is 29.1 Å². The molecule has 0 aliphatic carbocycles. The molecule has 6 nitrogen and oxygen atoms in total. The minimum Gasteiger partial charge on any atom is -0.341 e. The highest BCUT2D eigenvalue weighted by atomic mass is 32.1. The van der Waals surface area contributed by atoms with Crippen LogP contribution in [0.5, 0.6) is 0 Å². The third-order valence-electron chi connectivity index (χ3n) is 6.01. The number of thiazole rings is 1. The van der Waals surface area contributed by atoms with E-state index in [4.69, 9.17) is 4.98 Å². The molecule has 166 valence electrons. The zero-order valence-electron chi connectivity index (χ0n) is 18.7. The van der Waals surface area contributed by atoms with Gasteiger partial charge in [0.15, 0.2) is 5.13 Å². The van der Waals surface area contributed by atoms with E-state index in [9.17, 15) is 9.59 Å². The maximum atomic E-state index is 12.9. The molecule has 1 fully saturated rings. The number of nitrogens with one attached hydrogen (secondary N) is 1. The lowest BCUT2D eigenvalue weighted by molar-refractivity contribution is -0.142. The summed E-state index contributed by atoms with van der Waals surface area (Å²) in [4.78, 5) is 35.8. The maximum absolute atomic E-state index is 12.9. The van der Waals surface area contributed by atoms with Gasteiger partial charge in [-0.15, -0.1) is 11.3 Å². The standard InChI is InChI=1S/C24H32N4O2S/c1-24(2,3)22(30)28-12-7-10-18(15-28)21(29)26-23-25-19-11-13-27(16-20(19)31-23)14-17-8-5-4-6-9-17/h4-6,8-9,18H,7,10-16H2,1-3H3,(H,25,26,29). The molecule has 0 bridgehead atoms. The topological polar surface area (TPSA) is 65.5 Å². The largest absolute Gasteiger partial charge is 0.341 e. The van der Waals surface area contributed by atoms with Crippen LogP contribution >= 0.6 is 11.3 Å². The van der Waals surface area contributed by atoms with Gasteiger partial charge in [-0.25, -0.2) is 4.98 Å². The van der Waals surface area contributed by atoms with E-state index in [1.807, 2.05) is 31.7 Å². The van der Waals surface area contributed by atoms with Crippen molar-refractivity contribution in [3.05, 3.63) is 46.5 Å². The van der Waals surface area contributed by atoms with E-state index in [1.54, 1.807) is 11.3 Å². The minimum atomic E-state index is -0.418. The predicted octanol–water partition coefficient (Wildman–Crippen LogP) is 3.92. The van der Waals surface area contributed by atoms with Gasteiger partial charge in [0.25, 0.3) is 0 Å². The molecule has 0 radical (unpaired) electrons. The van der Waals surface area contributed by atoms with Crippen molar-refractivity contribution in [3.8, 4) is 0 Å². The minimum absolute atomic E-state index is 0.0151. The number of benzene rings is 1. The summed E-state index contributed by atoms with van der Waals surface area (Å²) in [7, 11) is 0. The van der Waals surface area contributed by atoms with Crippen molar-refractivity contribution in [2.24, 2.45) is 11.3 Å². The van der Waals surface area contributed by atoms with Gasteiger partial charge in [-0.2, -0.15) is 0 Å². The Labute approximate surface area is 188 Å². The van der Waals surface area contributed by atoms with Gasteiger partial charge >= 0.3 is 0 Å². The summed E-state index contributed by atoms with van der Waals surface area (Å²) in [5, 5.41) is 3.73. The lowest BCUT2D eigenvalue weighted by atomic mass is 9.91. The fourth-order valence-corrected chi connectivity index (χ4v) is 5.39. The van der Waals surface area contributed by atoms with Crippen molar-refractivity contribution in [2.45, 2.75) is 53.1 Å². The van der Waals surface area contributed by atoms with E-state index >= 15 is 0 Å². The number of likely N-dealkylation sites (tertiary alicyclic amines) is 1. The fraction of sp³-hybridized carbons (Fsp3) is 0.542. The molecule has 0 spiro atoms. The van der Waals surface area contributed by atoms with Crippen LogP contribution in [-0.4, -0.2) is 46.2 Å². The lowest BCUT2D eigenvalue weighted by Gasteiger charge is -2.35. The van der Waals surface area contributed by atoms with Crippen LogP contribution in [0.1, 0.15) is 49.7 Å². The van der Waals surface area contributed by atoms with E-state index < -0.39 is 5.41 Å². The van der Waals surface area contributed by atoms with Crippen LogP contribution in [0.3, 0.4) is 0 Å². The number of carbonyl (C=O) groups is 2. The molecule has 2 amide bonds. The van der Waals surface area contributed by atoms with Gasteiger partial charge in [0, 0.05) is 49.4 Å². The summed E-state index contributed by atoms with van der Waals surface area (Å²) in [5.41, 5.74) is 2.01. The number of aromatic nitrogens is 1. The average Bonchev–Trinajstić information content (AvgIpc) is 3.15. The Morgan fingerprint density at radius 1 is 1.19 bits per heavy atom. The lowest BCUT2D eigenvalue weighted by Crippen LogP contribution is -2.47. The molecule has 2 aromatic rings. The van der Waals surface area contributed by atoms with E-state index in [0.29, 0.717) is 11.7 Å². The molecule has 2 aliphatic heterocycles. The number of fused-ring (bicyclic) bond motifs is 1. The number of piperidine rings is 1. The highest BCUT2D eigenvalue weighted by Crippen LogP contribution is 2.30. The van der Waals surface area contributed by atoms with Crippen molar-refractivity contribution in [3.63, 3.8) is 0 Å². The highest BCUT2D eigenvalue weighted by Gasteiger charge is 2.34. The Morgan fingerprint density at radius 2 is 1.97 bits per heavy atom. The Morgan fingerprint density at radius 3 is 2.71 bits per heavy atom. The molecule has 7 heteroatoms. The number of hydrogen-bond acceptors (Lipinski definition) is 5. The van der Waals surface area contributed by atoms with Crippen LogP contribution in [0, 0.1) is 11.3 Å². The molecular formula is C24H32N4O2S. The first-order chi connectivity index (χ1) is 14.8. The summed E-state index contributed by atoms with van der Waals surface area (Å²) in [6.45, 7) is 9.81. The van der Waals surface area contributed by atoms with E-state index in [0.717, 1.165) is 51.1 Å². The first-order valence-electron chi connectivity index (χ1n) is 11.1. The van der Waals surface area contributed by atoms with Crippen molar-refractivity contribution in [1.82, 2.24) is 14.8 Å². The number of hydrogen-bond donors (Lipinski definition) is 1. The zero-order valence-corrected chi connectivity index (χ0v) is 19.5. The highest BCUT2D eigenvalue weighted by molar-refractivity contribution is 7.15. The molecule has 1 atom stereocenters. The molecule has 1 unspecified atom stereocenters. The Kier molecular flexibility index (Phi) is 6.44. The number of amides is 2. The fourth-order valence-electron chi connectivity index (χ4n) is 4.34. The Hall–Kier alpha value is -2.25. The van der Waals surface area contributed by atoms with Crippen molar-refractivity contribution in [1.29, 1.82) is 0 Å². The third-order valence-corrected chi connectivity index (χ3v) is 7.01. The van der Waals surface area contributed by atoms with Gasteiger partial charge in [0.05, 0.1) is 11.6 Å². The summed E-state index contributed by atoms with van der Waals surface area (Å²) >= 11 is 1.59. The van der Waals surface area contributed by atoms with Crippen molar-refractivity contribution < 1.29 is 9.59 Å². The quantitative estimate of drug-likeness (QED) is 0.783. The molecule has 1 N–H and O–H groups in total. The monoisotopic (exact) mass is 440 g/mol. The second-order valence-electron chi connectivity index (χ2n) is 9.66. The van der Waals surface area contributed by atoms with Gasteiger partial charge in [0.1, 0.15) is 0 Å². The molecular weight excluding hydrogens is 408 g/mol. The molecule has 31 heavy (non-hydrogen) atoms. The Balaban J connectivity index is 1.35. The molecule has 3 heterocycles. The van der Waals surface area contributed by atoms with Gasteiger partial charge in [-0.1, -0.05) is 51.1 Å². The average molecular weight is 441 g/mol. The summed E-state index contributed by atoms with van der Waals surface area (Å²) in [6, 6.07) is 10.5. The summed E-state index contributed by atoms with van der Waals surface area (Å²) in [5.74, 6) is -0.0672. The van der Waals surface area contributed by atoms with Crippen LogP contribution in [0.25, 0.3) is 0 Å². The SMILES string of the molecule is CC(C)(C)C(=O)N1CCCC(C(=O)Nc2nc3c(s2)CN(Cc2ccccc2)CC3)C1. The number of nitrogens with zero attached hydrogens (tertiary/aromatic N) is 3. The number of carbonyl (C=O) groups excluding carboxylic acids is 2. The smallest absolute Gasteiger partial charge is 0.231 e.